The van der Waals surface area contributed by atoms with Crippen molar-refractivity contribution in [3.05, 3.63) is 0 Å². The number of ether oxygens (including phenoxy) is 2. The van der Waals surface area contributed by atoms with Gasteiger partial charge >= 0.3 is 0 Å². The third-order valence-corrected chi connectivity index (χ3v) is 4.72. The van der Waals surface area contributed by atoms with Gasteiger partial charge in [0.15, 0.2) is 0 Å². The van der Waals surface area contributed by atoms with Crippen molar-refractivity contribution in [2.45, 2.75) is 62.7 Å². The average molecular weight is 256 g/mol. The molecule has 18 heavy (non-hydrogen) atoms. The lowest BCUT2D eigenvalue weighted by Gasteiger charge is -2.45. The lowest BCUT2D eigenvalue weighted by Crippen LogP contribution is -2.63. The molecule has 1 heterocycles. The van der Waals surface area contributed by atoms with Gasteiger partial charge in [-0.2, -0.15) is 0 Å². The Bertz CT molecular complexity index is 267. The Morgan fingerprint density at radius 2 is 2.17 bits per heavy atom. The molecule has 1 saturated carbocycles. The summed E-state index contributed by atoms with van der Waals surface area (Å²) in [6, 6.07) is 0. The van der Waals surface area contributed by atoms with Crippen LogP contribution in [-0.2, 0) is 9.47 Å². The van der Waals surface area contributed by atoms with E-state index in [0.29, 0.717) is 6.54 Å². The number of nitrogens with one attached hydrogen (secondary N) is 1. The predicted octanol–water partition coefficient (Wildman–Crippen LogP) is 1.43. The summed E-state index contributed by atoms with van der Waals surface area (Å²) in [7, 11) is 1.80. The summed E-state index contributed by atoms with van der Waals surface area (Å²) in [6.45, 7) is 4.61. The molecule has 0 bridgehead atoms. The maximum atomic E-state index is 6.05. The van der Waals surface area contributed by atoms with Gasteiger partial charge in [-0.1, -0.05) is 12.8 Å². The fourth-order valence-electron chi connectivity index (χ4n) is 3.40. The third kappa shape index (κ3) is 2.87. The molecule has 1 aliphatic heterocycles. The topological polar surface area (TPSA) is 56.5 Å². The van der Waals surface area contributed by atoms with Gasteiger partial charge in [0, 0.05) is 26.8 Å². The largest absolute Gasteiger partial charge is 0.379 e. The number of nitrogens with two attached hydrogens (primary N) is 1. The molecule has 3 N–H and O–H groups in total. The molecule has 3 unspecified atom stereocenters. The maximum Gasteiger partial charge on any atom is 0.0779 e. The summed E-state index contributed by atoms with van der Waals surface area (Å²) in [4.78, 5) is 0. The highest BCUT2D eigenvalue weighted by Gasteiger charge is 2.42. The van der Waals surface area contributed by atoms with Crippen LogP contribution >= 0.6 is 0 Å². The van der Waals surface area contributed by atoms with Gasteiger partial charge < -0.3 is 20.5 Å². The Morgan fingerprint density at radius 3 is 2.78 bits per heavy atom. The van der Waals surface area contributed by atoms with Crippen LogP contribution in [0.4, 0.5) is 0 Å². The minimum absolute atomic E-state index is 0.0160. The smallest absolute Gasteiger partial charge is 0.0779 e. The van der Waals surface area contributed by atoms with Crippen molar-refractivity contribution in [2.75, 3.05) is 26.8 Å². The Morgan fingerprint density at radius 1 is 1.33 bits per heavy atom. The quantitative estimate of drug-likeness (QED) is 0.781. The van der Waals surface area contributed by atoms with E-state index in [1.165, 1.54) is 19.3 Å². The molecule has 4 nitrogen and oxygen atoms in total. The van der Waals surface area contributed by atoms with Crippen LogP contribution < -0.4 is 11.1 Å². The summed E-state index contributed by atoms with van der Waals surface area (Å²) in [5.41, 5.74) is 5.98. The SMILES string of the molecule is COC1CCCCC1(CN)NCC1(C)CCCO1. The number of methoxy groups -OCH3 is 1. The van der Waals surface area contributed by atoms with E-state index in [4.69, 9.17) is 15.2 Å². The average Bonchev–Trinajstić information content (AvgIpc) is 2.84. The van der Waals surface area contributed by atoms with Crippen LogP contribution in [0.5, 0.6) is 0 Å². The molecule has 1 saturated heterocycles. The Labute approximate surface area is 111 Å². The first-order valence-corrected chi connectivity index (χ1v) is 7.26. The normalized spacial score (nSPS) is 41.2. The van der Waals surface area contributed by atoms with E-state index < -0.39 is 0 Å². The molecule has 0 aromatic carbocycles. The molecule has 0 aromatic heterocycles. The molecule has 3 atom stereocenters. The maximum absolute atomic E-state index is 6.05. The molecular formula is C14H28N2O2. The first kappa shape index (κ1) is 14.3. The molecular weight excluding hydrogens is 228 g/mol. The number of hydrogen-bond donors (Lipinski definition) is 2. The highest BCUT2D eigenvalue weighted by atomic mass is 16.5. The van der Waals surface area contributed by atoms with Crippen LogP contribution in [0.3, 0.4) is 0 Å². The van der Waals surface area contributed by atoms with Gasteiger partial charge in [0.05, 0.1) is 17.2 Å². The van der Waals surface area contributed by atoms with Crippen molar-refractivity contribution < 1.29 is 9.47 Å². The fourth-order valence-corrected chi connectivity index (χ4v) is 3.40. The van der Waals surface area contributed by atoms with Gasteiger partial charge in [-0.05, 0) is 32.6 Å². The molecule has 0 amide bonds. The molecule has 106 valence electrons. The lowest BCUT2D eigenvalue weighted by atomic mass is 9.78. The molecule has 2 fully saturated rings. The standard InChI is InChI=1S/C14H28N2O2/c1-13(7-5-9-18-13)11-16-14(10-15)8-4-3-6-12(14)17-2/h12,16H,3-11,15H2,1-2H3. The van der Waals surface area contributed by atoms with E-state index in [0.717, 1.165) is 32.4 Å². The third-order valence-electron chi connectivity index (χ3n) is 4.72. The number of hydrogen-bond acceptors (Lipinski definition) is 4. The second kappa shape index (κ2) is 5.87. The van der Waals surface area contributed by atoms with E-state index in [1.807, 2.05) is 0 Å². The summed E-state index contributed by atoms with van der Waals surface area (Å²) >= 11 is 0. The van der Waals surface area contributed by atoms with Crippen LogP contribution in [0.2, 0.25) is 0 Å². The Kier molecular flexibility index (Phi) is 4.64. The van der Waals surface area contributed by atoms with E-state index in [1.54, 1.807) is 7.11 Å². The van der Waals surface area contributed by atoms with E-state index in [-0.39, 0.29) is 17.2 Å². The fraction of sp³-hybridized carbons (Fsp3) is 1.00. The van der Waals surface area contributed by atoms with E-state index in [9.17, 15) is 0 Å². The molecule has 0 radical (unpaired) electrons. The van der Waals surface area contributed by atoms with Gasteiger partial charge in [0.1, 0.15) is 0 Å². The molecule has 2 aliphatic rings. The van der Waals surface area contributed by atoms with Crippen molar-refractivity contribution in [1.29, 1.82) is 0 Å². The van der Waals surface area contributed by atoms with Crippen LogP contribution in [0.25, 0.3) is 0 Å². The van der Waals surface area contributed by atoms with Crippen molar-refractivity contribution in [3.8, 4) is 0 Å². The van der Waals surface area contributed by atoms with Crippen molar-refractivity contribution in [2.24, 2.45) is 5.73 Å². The first-order valence-electron chi connectivity index (χ1n) is 7.26. The van der Waals surface area contributed by atoms with Crippen LogP contribution in [-0.4, -0.2) is 44.1 Å². The first-order chi connectivity index (χ1) is 8.64. The Hall–Kier alpha value is -0.160. The molecule has 2 rings (SSSR count). The van der Waals surface area contributed by atoms with Gasteiger partial charge in [-0.25, -0.2) is 0 Å². The zero-order valence-corrected chi connectivity index (χ0v) is 11.8. The molecule has 0 aromatic rings. The van der Waals surface area contributed by atoms with Gasteiger partial charge in [0.2, 0.25) is 0 Å². The monoisotopic (exact) mass is 256 g/mol. The molecule has 1 aliphatic carbocycles. The second-order valence-corrected chi connectivity index (χ2v) is 6.09. The molecule has 4 heteroatoms. The molecule has 0 spiro atoms. The van der Waals surface area contributed by atoms with Crippen LogP contribution in [0.15, 0.2) is 0 Å². The lowest BCUT2D eigenvalue weighted by molar-refractivity contribution is -0.0309. The van der Waals surface area contributed by atoms with Crippen molar-refractivity contribution >= 4 is 0 Å². The number of rotatable bonds is 5. The van der Waals surface area contributed by atoms with Gasteiger partial charge in [-0.3, -0.25) is 0 Å². The minimum Gasteiger partial charge on any atom is -0.379 e. The van der Waals surface area contributed by atoms with Crippen LogP contribution in [0, 0.1) is 0 Å². The summed E-state index contributed by atoms with van der Waals surface area (Å²) in [6.07, 6.45) is 7.24. The van der Waals surface area contributed by atoms with Crippen molar-refractivity contribution in [3.63, 3.8) is 0 Å². The van der Waals surface area contributed by atoms with E-state index >= 15 is 0 Å². The second-order valence-electron chi connectivity index (χ2n) is 6.09. The van der Waals surface area contributed by atoms with Gasteiger partial charge in [0.25, 0.3) is 0 Å². The summed E-state index contributed by atoms with van der Waals surface area (Å²) in [5, 5.41) is 3.69. The zero-order valence-electron chi connectivity index (χ0n) is 11.8. The Balaban J connectivity index is 1.98. The van der Waals surface area contributed by atoms with Crippen LogP contribution in [0.1, 0.15) is 45.4 Å². The minimum atomic E-state index is -0.0536. The van der Waals surface area contributed by atoms with Gasteiger partial charge in [-0.15, -0.1) is 0 Å². The predicted molar refractivity (Wildman–Crippen MR) is 72.6 cm³/mol. The van der Waals surface area contributed by atoms with Crippen molar-refractivity contribution in [1.82, 2.24) is 5.32 Å². The summed E-state index contributed by atoms with van der Waals surface area (Å²) in [5.74, 6) is 0. The highest BCUT2D eigenvalue weighted by molar-refractivity contribution is 5.01. The zero-order chi connectivity index (χ0) is 13.1. The van der Waals surface area contributed by atoms with E-state index in [2.05, 4.69) is 12.2 Å². The highest BCUT2D eigenvalue weighted by Crippen LogP contribution is 2.32. The summed E-state index contributed by atoms with van der Waals surface area (Å²) < 4.78 is 11.5.